The van der Waals surface area contributed by atoms with Crippen molar-refractivity contribution in [2.45, 2.75) is 46.1 Å². The molecule has 0 N–H and O–H groups in total. The van der Waals surface area contributed by atoms with Gasteiger partial charge >= 0.3 is 11.9 Å². The molecule has 0 heterocycles. The van der Waals surface area contributed by atoms with Crippen molar-refractivity contribution in [1.29, 1.82) is 0 Å². The SMILES string of the molecule is CC(C)C(CCCOC(=O)c1ccccc1)(OC(=O)c1ccccc1)C(C)C. The second kappa shape index (κ2) is 10.1. The fraction of sp³-hybridized carbons (Fsp3) is 0.417. The van der Waals surface area contributed by atoms with Crippen LogP contribution in [0.25, 0.3) is 0 Å². The molecule has 0 aliphatic rings. The summed E-state index contributed by atoms with van der Waals surface area (Å²) < 4.78 is 11.5. The Morgan fingerprint density at radius 3 is 1.71 bits per heavy atom. The largest absolute Gasteiger partial charge is 0.462 e. The molecule has 2 aromatic rings. The molecule has 0 aliphatic heterocycles. The fourth-order valence-corrected chi connectivity index (χ4v) is 3.51. The van der Waals surface area contributed by atoms with E-state index in [0.29, 0.717) is 24.0 Å². The van der Waals surface area contributed by atoms with E-state index in [1.807, 2.05) is 36.4 Å². The smallest absolute Gasteiger partial charge is 0.338 e. The van der Waals surface area contributed by atoms with Crippen molar-refractivity contribution in [1.82, 2.24) is 0 Å². The van der Waals surface area contributed by atoms with Gasteiger partial charge < -0.3 is 9.47 Å². The zero-order valence-corrected chi connectivity index (χ0v) is 17.2. The third-order valence-electron chi connectivity index (χ3n) is 5.20. The molecule has 4 heteroatoms. The van der Waals surface area contributed by atoms with Crippen molar-refractivity contribution in [3.05, 3.63) is 71.8 Å². The molecule has 2 aromatic carbocycles. The van der Waals surface area contributed by atoms with E-state index in [9.17, 15) is 9.59 Å². The van der Waals surface area contributed by atoms with Crippen LogP contribution in [0.5, 0.6) is 0 Å². The number of esters is 2. The van der Waals surface area contributed by atoms with Gasteiger partial charge in [0.2, 0.25) is 0 Å². The molecule has 0 saturated heterocycles. The topological polar surface area (TPSA) is 52.6 Å². The van der Waals surface area contributed by atoms with Gasteiger partial charge in [-0.1, -0.05) is 64.1 Å². The Labute approximate surface area is 167 Å². The summed E-state index contributed by atoms with van der Waals surface area (Å²) in [7, 11) is 0. The van der Waals surface area contributed by atoms with Crippen molar-refractivity contribution in [3.8, 4) is 0 Å². The van der Waals surface area contributed by atoms with Crippen LogP contribution in [0.15, 0.2) is 60.7 Å². The Hall–Kier alpha value is -2.62. The van der Waals surface area contributed by atoms with E-state index in [-0.39, 0.29) is 30.4 Å². The lowest BCUT2D eigenvalue weighted by Crippen LogP contribution is -2.45. The number of benzene rings is 2. The molecule has 0 saturated carbocycles. The monoisotopic (exact) mass is 382 g/mol. The van der Waals surface area contributed by atoms with Crippen LogP contribution in [-0.2, 0) is 9.47 Å². The number of hydrogen-bond acceptors (Lipinski definition) is 4. The average Bonchev–Trinajstić information content (AvgIpc) is 2.70. The van der Waals surface area contributed by atoms with Crippen molar-refractivity contribution in [3.63, 3.8) is 0 Å². The summed E-state index contributed by atoms with van der Waals surface area (Å²) in [4.78, 5) is 24.8. The summed E-state index contributed by atoms with van der Waals surface area (Å²) >= 11 is 0. The minimum Gasteiger partial charge on any atom is -0.462 e. The minimum atomic E-state index is -0.619. The summed E-state index contributed by atoms with van der Waals surface area (Å²) in [6.45, 7) is 8.54. The van der Waals surface area contributed by atoms with Gasteiger partial charge in [0.1, 0.15) is 5.60 Å². The van der Waals surface area contributed by atoms with Crippen LogP contribution in [-0.4, -0.2) is 24.1 Å². The maximum Gasteiger partial charge on any atom is 0.338 e. The second-order valence-electron chi connectivity index (χ2n) is 7.63. The van der Waals surface area contributed by atoms with Gasteiger partial charge in [0, 0.05) is 0 Å². The van der Waals surface area contributed by atoms with Gasteiger partial charge in [0.15, 0.2) is 0 Å². The molecule has 4 nitrogen and oxygen atoms in total. The van der Waals surface area contributed by atoms with Gasteiger partial charge in [0.25, 0.3) is 0 Å². The summed E-state index contributed by atoms with van der Waals surface area (Å²) in [6.07, 6.45) is 1.25. The predicted molar refractivity (Wildman–Crippen MR) is 110 cm³/mol. The predicted octanol–water partition coefficient (Wildman–Crippen LogP) is 5.53. The Bertz CT molecular complexity index is 743. The molecule has 0 bridgehead atoms. The van der Waals surface area contributed by atoms with Crippen LogP contribution >= 0.6 is 0 Å². The highest BCUT2D eigenvalue weighted by atomic mass is 16.6. The molecule has 2 rings (SSSR count). The first-order valence-electron chi connectivity index (χ1n) is 9.87. The van der Waals surface area contributed by atoms with Crippen LogP contribution in [0.2, 0.25) is 0 Å². The standard InChI is InChI=1S/C24H30O4/c1-18(2)24(19(3)4,28-23(26)21-14-9-6-10-15-21)16-11-17-27-22(25)20-12-7-5-8-13-20/h5-10,12-15,18-19H,11,16-17H2,1-4H3. The summed E-state index contributed by atoms with van der Waals surface area (Å²) in [6, 6.07) is 18.0. The Morgan fingerprint density at radius 1 is 0.786 bits per heavy atom. The highest BCUT2D eigenvalue weighted by Gasteiger charge is 2.40. The van der Waals surface area contributed by atoms with Crippen LogP contribution in [0.1, 0.15) is 61.3 Å². The van der Waals surface area contributed by atoms with E-state index >= 15 is 0 Å². The first kappa shape index (κ1) is 21.7. The molecular formula is C24H30O4. The molecule has 0 unspecified atom stereocenters. The molecule has 0 atom stereocenters. The molecule has 0 aromatic heterocycles. The number of rotatable bonds is 9. The molecule has 28 heavy (non-hydrogen) atoms. The van der Waals surface area contributed by atoms with Crippen molar-refractivity contribution in [2.75, 3.05) is 6.61 Å². The van der Waals surface area contributed by atoms with E-state index in [2.05, 4.69) is 27.7 Å². The molecule has 0 aliphatic carbocycles. The molecule has 0 spiro atoms. The first-order valence-corrected chi connectivity index (χ1v) is 9.87. The number of carbonyl (C=O) groups excluding carboxylic acids is 2. The van der Waals surface area contributed by atoms with E-state index in [1.165, 1.54) is 0 Å². The third-order valence-corrected chi connectivity index (χ3v) is 5.20. The van der Waals surface area contributed by atoms with Crippen molar-refractivity contribution in [2.24, 2.45) is 11.8 Å². The highest BCUT2D eigenvalue weighted by molar-refractivity contribution is 5.90. The lowest BCUT2D eigenvalue weighted by molar-refractivity contribution is -0.0801. The van der Waals surface area contributed by atoms with Crippen LogP contribution in [0, 0.1) is 11.8 Å². The molecule has 0 fully saturated rings. The van der Waals surface area contributed by atoms with E-state index in [4.69, 9.17) is 9.47 Å². The zero-order valence-electron chi connectivity index (χ0n) is 17.2. The number of carbonyl (C=O) groups is 2. The van der Waals surface area contributed by atoms with Crippen molar-refractivity contribution >= 4 is 11.9 Å². The molecule has 150 valence electrons. The van der Waals surface area contributed by atoms with Crippen LogP contribution < -0.4 is 0 Å². The molecule has 0 radical (unpaired) electrons. The Kier molecular flexibility index (Phi) is 7.80. The Morgan fingerprint density at radius 2 is 1.25 bits per heavy atom. The first-order chi connectivity index (χ1) is 13.4. The van der Waals surface area contributed by atoms with Crippen LogP contribution in [0.3, 0.4) is 0 Å². The molecular weight excluding hydrogens is 352 g/mol. The maximum absolute atomic E-state index is 12.7. The quantitative estimate of drug-likeness (QED) is 0.422. The summed E-state index contributed by atoms with van der Waals surface area (Å²) in [5.74, 6) is -0.388. The van der Waals surface area contributed by atoms with Crippen molar-refractivity contribution < 1.29 is 19.1 Å². The van der Waals surface area contributed by atoms with Gasteiger partial charge in [-0.15, -0.1) is 0 Å². The Balaban J connectivity index is 2.00. The lowest BCUT2D eigenvalue weighted by Gasteiger charge is -2.41. The third kappa shape index (κ3) is 5.44. The summed E-state index contributed by atoms with van der Waals surface area (Å²) in [5.41, 5.74) is 0.465. The van der Waals surface area contributed by atoms with Gasteiger partial charge in [-0.25, -0.2) is 9.59 Å². The summed E-state index contributed by atoms with van der Waals surface area (Å²) in [5, 5.41) is 0. The highest BCUT2D eigenvalue weighted by Crippen LogP contribution is 2.36. The van der Waals surface area contributed by atoms with E-state index < -0.39 is 5.60 Å². The van der Waals surface area contributed by atoms with Gasteiger partial charge in [-0.05, 0) is 48.9 Å². The van der Waals surface area contributed by atoms with Gasteiger partial charge in [-0.3, -0.25) is 0 Å². The lowest BCUT2D eigenvalue weighted by atomic mass is 9.76. The number of hydrogen-bond donors (Lipinski definition) is 0. The average molecular weight is 383 g/mol. The van der Waals surface area contributed by atoms with Crippen LogP contribution in [0.4, 0.5) is 0 Å². The maximum atomic E-state index is 12.7. The zero-order chi connectivity index (χ0) is 20.6. The van der Waals surface area contributed by atoms with E-state index in [0.717, 1.165) is 0 Å². The normalized spacial score (nSPS) is 11.5. The fourth-order valence-electron chi connectivity index (χ4n) is 3.51. The number of ether oxygens (including phenoxy) is 2. The van der Waals surface area contributed by atoms with E-state index in [1.54, 1.807) is 24.3 Å². The second-order valence-corrected chi connectivity index (χ2v) is 7.63. The van der Waals surface area contributed by atoms with Gasteiger partial charge in [-0.2, -0.15) is 0 Å². The van der Waals surface area contributed by atoms with Gasteiger partial charge in [0.05, 0.1) is 17.7 Å². The minimum absolute atomic E-state index is 0.130. The molecule has 0 amide bonds.